The van der Waals surface area contributed by atoms with Crippen molar-refractivity contribution in [2.24, 2.45) is 0 Å². The van der Waals surface area contributed by atoms with Crippen LogP contribution in [0.5, 0.6) is 0 Å². The van der Waals surface area contributed by atoms with Gasteiger partial charge in [0.05, 0.1) is 5.69 Å². The number of para-hydroxylation sites is 1. The Hall–Kier alpha value is -3.73. The lowest BCUT2D eigenvalue weighted by Gasteiger charge is -2.04. The molecule has 5 heteroatoms. The van der Waals surface area contributed by atoms with Crippen LogP contribution < -0.4 is 5.32 Å². The van der Waals surface area contributed by atoms with E-state index in [0.29, 0.717) is 5.69 Å². The van der Waals surface area contributed by atoms with Gasteiger partial charge in [-0.25, -0.2) is 0 Å². The summed E-state index contributed by atoms with van der Waals surface area (Å²) in [7, 11) is 0. The Morgan fingerprint density at radius 3 is 2.11 bits per heavy atom. The number of nitrogens with one attached hydrogen (secondary N) is 1. The van der Waals surface area contributed by atoms with Gasteiger partial charge in [0.25, 0.3) is 5.91 Å². The number of aryl methyl sites for hydroxylation is 1. The Morgan fingerprint density at radius 2 is 1.44 bits per heavy atom. The van der Waals surface area contributed by atoms with Crippen molar-refractivity contribution in [1.82, 2.24) is 15.0 Å². The molecule has 4 rings (SSSR count). The predicted molar refractivity (Wildman–Crippen MR) is 106 cm³/mol. The second kappa shape index (κ2) is 7.25. The maximum Gasteiger partial charge on any atom is 0.278 e. The summed E-state index contributed by atoms with van der Waals surface area (Å²) in [5, 5.41) is 11.9. The van der Waals surface area contributed by atoms with E-state index < -0.39 is 0 Å². The van der Waals surface area contributed by atoms with Gasteiger partial charge in [-0.05, 0) is 31.2 Å². The molecule has 1 N–H and O–H groups in total. The molecule has 1 aromatic heterocycles. The Kier molecular flexibility index (Phi) is 4.49. The highest BCUT2D eigenvalue weighted by Crippen LogP contribution is 2.22. The zero-order chi connectivity index (χ0) is 18.6. The first-order valence-electron chi connectivity index (χ1n) is 8.67. The largest absolute Gasteiger partial charge is 0.321 e. The minimum absolute atomic E-state index is 0.283. The molecule has 0 radical (unpaired) electrons. The molecule has 0 aliphatic carbocycles. The topological polar surface area (TPSA) is 59.8 Å². The van der Waals surface area contributed by atoms with Crippen LogP contribution in [0.15, 0.2) is 84.9 Å². The molecule has 0 saturated heterocycles. The molecule has 0 fully saturated rings. The molecule has 0 bridgehead atoms. The van der Waals surface area contributed by atoms with Crippen LogP contribution in [-0.4, -0.2) is 20.9 Å². The number of hydrogen-bond donors (Lipinski definition) is 1. The summed E-state index contributed by atoms with van der Waals surface area (Å²) in [6.07, 6.45) is 0. The minimum atomic E-state index is -0.292. The molecular formula is C22H18N4O. The quantitative estimate of drug-likeness (QED) is 0.587. The summed E-state index contributed by atoms with van der Waals surface area (Å²) in [4.78, 5) is 14.4. The van der Waals surface area contributed by atoms with E-state index in [0.717, 1.165) is 22.5 Å². The molecule has 0 spiro atoms. The summed E-state index contributed by atoms with van der Waals surface area (Å²) in [6.45, 7) is 2.00. The van der Waals surface area contributed by atoms with Gasteiger partial charge in [0.1, 0.15) is 5.69 Å². The molecule has 3 aromatic carbocycles. The van der Waals surface area contributed by atoms with E-state index >= 15 is 0 Å². The molecule has 132 valence electrons. The Morgan fingerprint density at radius 1 is 0.815 bits per heavy atom. The second-order valence-corrected chi connectivity index (χ2v) is 6.21. The van der Waals surface area contributed by atoms with Crippen molar-refractivity contribution in [3.8, 4) is 16.9 Å². The van der Waals surface area contributed by atoms with Gasteiger partial charge in [0.15, 0.2) is 5.69 Å². The van der Waals surface area contributed by atoms with E-state index in [4.69, 9.17) is 0 Å². The van der Waals surface area contributed by atoms with Crippen LogP contribution in [0.4, 0.5) is 5.69 Å². The number of benzene rings is 3. The van der Waals surface area contributed by atoms with E-state index in [-0.39, 0.29) is 11.6 Å². The molecule has 1 heterocycles. The van der Waals surface area contributed by atoms with Crippen LogP contribution in [0.2, 0.25) is 0 Å². The maximum atomic E-state index is 12.9. The summed E-state index contributed by atoms with van der Waals surface area (Å²) in [6, 6.07) is 26.8. The summed E-state index contributed by atoms with van der Waals surface area (Å²) in [5.41, 5.74) is 4.32. The van der Waals surface area contributed by atoms with E-state index in [1.165, 1.54) is 4.80 Å². The van der Waals surface area contributed by atoms with Crippen LogP contribution in [0.25, 0.3) is 16.9 Å². The number of nitrogens with zero attached hydrogens (tertiary/aromatic N) is 3. The predicted octanol–water partition coefficient (Wildman–Crippen LogP) is 4.50. The van der Waals surface area contributed by atoms with Crippen molar-refractivity contribution in [3.63, 3.8) is 0 Å². The summed E-state index contributed by atoms with van der Waals surface area (Å²) in [5.74, 6) is -0.292. The minimum Gasteiger partial charge on any atom is -0.321 e. The molecule has 1 amide bonds. The van der Waals surface area contributed by atoms with Crippen molar-refractivity contribution >= 4 is 11.6 Å². The van der Waals surface area contributed by atoms with Gasteiger partial charge in [-0.15, -0.1) is 10.2 Å². The molecular weight excluding hydrogens is 336 g/mol. The van der Waals surface area contributed by atoms with E-state index in [9.17, 15) is 4.79 Å². The van der Waals surface area contributed by atoms with Crippen molar-refractivity contribution < 1.29 is 4.79 Å². The fourth-order valence-corrected chi connectivity index (χ4v) is 2.75. The first-order valence-corrected chi connectivity index (χ1v) is 8.67. The molecule has 0 aliphatic rings. The van der Waals surface area contributed by atoms with Crippen molar-refractivity contribution in [2.45, 2.75) is 6.92 Å². The third-order valence-electron chi connectivity index (χ3n) is 4.17. The van der Waals surface area contributed by atoms with Crippen LogP contribution in [0.3, 0.4) is 0 Å². The Bertz CT molecular complexity index is 1050. The summed E-state index contributed by atoms with van der Waals surface area (Å²) < 4.78 is 0. The Labute approximate surface area is 157 Å². The lowest BCUT2D eigenvalue weighted by molar-refractivity contribution is 0.102. The number of hydrogen-bond acceptors (Lipinski definition) is 3. The van der Waals surface area contributed by atoms with Crippen molar-refractivity contribution in [1.29, 1.82) is 0 Å². The first-order chi connectivity index (χ1) is 13.2. The third-order valence-corrected chi connectivity index (χ3v) is 4.17. The highest BCUT2D eigenvalue weighted by molar-refractivity contribution is 6.06. The first kappa shape index (κ1) is 16.7. The molecule has 5 nitrogen and oxygen atoms in total. The third kappa shape index (κ3) is 3.62. The van der Waals surface area contributed by atoms with Crippen molar-refractivity contribution in [3.05, 3.63) is 96.2 Å². The van der Waals surface area contributed by atoms with Gasteiger partial charge < -0.3 is 5.32 Å². The van der Waals surface area contributed by atoms with Crippen LogP contribution in [0.1, 0.15) is 16.1 Å². The van der Waals surface area contributed by atoms with Gasteiger partial charge in [-0.3, -0.25) is 4.79 Å². The van der Waals surface area contributed by atoms with Crippen LogP contribution in [0, 0.1) is 6.92 Å². The molecule has 0 aliphatic heterocycles. The van der Waals surface area contributed by atoms with Gasteiger partial charge in [-0.1, -0.05) is 66.2 Å². The lowest BCUT2D eigenvalue weighted by Crippen LogP contribution is -2.14. The van der Waals surface area contributed by atoms with Crippen LogP contribution in [-0.2, 0) is 0 Å². The number of amides is 1. The zero-order valence-corrected chi connectivity index (χ0v) is 14.8. The fraction of sp³-hybridized carbons (Fsp3) is 0.0455. The average Bonchev–Trinajstić information content (AvgIpc) is 3.17. The Balaban J connectivity index is 1.74. The smallest absolute Gasteiger partial charge is 0.278 e. The van der Waals surface area contributed by atoms with Gasteiger partial charge >= 0.3 is 0 Å². The fourth-order valence-electron chi connectivity index (χ4n) is 2.75. The van der Waals surface area contributed by atoms with E-state index in [1.807, 2.05) is 91.9 Å². The standard InChI is InChI=1S/C22H18N4O/c1-16-12-14-18(15-13-16)23-22(27)21-20(17-8-4-2-5-9-17)24-26(25-21)19-10-6-3-7-11-19/h2-15H,1H3,(H,23,27). The highest BCUT2D eigenvalue weighted by Gasteiger charge is 2.20. The molecule has 0 saturated carbocycles. The highest BCUT2D eigenvalue weighted by atomic mass is 16.2. The van der Waals surface area contributed by atoms with Gasteiger partial charge in [-0.2, -0.15) is 4.80 Å². The number of rotatable bonds is 4. The zero-order valence-electron chi connectivity index (χ0n) is 14.8. The normalized spacial score (nSPS) is 10.6. The summed E-state index contributed by atoms with van der Waals surface area (Å²) >= 11 is 0. The number of carbonyl (C=O) groups excluding carboxylic acids is 1. The SMILES string of the molecule is Cc1ccc(NC(=O)c2nn(-c3ccccc3)nc2-c2ccccc2)cc1. The van der Waals surface area contributed by atoms with Gasteiger partial charge in [0.2, 0.25) is 0 Å². The second-order valence-electron chi connectivity index (χ2n) is 6.21. The number of carbonyl (C=O) groups is 1. The number of aromatic nitrogens is 3. The molecule has 0 unspecified atom stereocenters. The molecule has 4 aromatic rings. The monoisotopic (exact) mass is 354 g/mol. The van der Waals surface area contributed by atoms with Gasteiger partial charge in [0, 0.05) is 11.3 Å². The van der Waals surface area contributed by atoms with E-state index in [2.05, 4.69) is 15.5 Å². The lowest BCUT2D eigenvalue weighted by atomic mass is 10.1. The molecule has 27 heavy (non-hydrogen) atoms. The van der Waals surface area contributed by atoms with Crippen molar-refractivity contribution in [2.75, 3.05) is 5.32 Å². The van der Waals surface area contributed by atoms with Crippen LogP contribution >= 0.6 is 0 Å². The number of anilines is 1. The average molecular weight is 354 g/mol. The molecule has 0 atom stereocenters. The maximum absolute atomic E-state index is 12.9. The van der Waals surface area contributed by atoms with E-state index in [1.54, 1.807) is 0 Å².